The molecule has 0 aliphatic carbocycles. The van der Waals surface area contributed by atoms with Crippen molar-refractivity contribution in [2.75, 3.05) is 13.7 Å². The first-order valence-electron chi connectivity index (χ1n) is 11.6. The fourth-order valence-electron chi connectivity index (χ4n) is 4.47. The maximum atomic E-state index is 14.8. The van der Waals surface area contributed by atoms with Crippen LogP contribution in [0.2, 0.25) is 0 Å². The van der Waals surface area contributed by atoms with Gasteiger partial charge in [-0.3, -0.25) is 0 Å². The molecule has 3 nitrogen and oxygen atoms in total. The zero-order valence-electron chi connectivity index (χ0n) is 20.8. The summed E-state index contributed by atoms with van der Waals surface area (Å²) in [5.74, 6) is -0.230. The quantitative estimate of drug-likeness (QED) is 0.279. The van der Waals surface area contributed by atoms with Crippen LogP contribution in [0.4, 0.5) is 8.78 Å². The highest BCUT2D eigenvalue weighted by Gasteiger charge is 2.31. The number of ether oxygens (including phenoxy) is 2. The van der Waals surface area contributed by atoms with Crippen LogP contribution < -0.4 is 4.74 Å². The van der Waals surface area contributed by atoms with Gasteiger partial charge in [-0.05, 0) is 48.4 Å². The molecule has 0 radical (unpaired) electrons. The predicted molar refractivity (Wildman–Crippen MR) is 135 cm³/mol. The van der Waals surface area contributed by atoms with Crippen LogP contribution in [0.5, 0.6) is 5.75 Å². The van der Waals surface area contributed by atoms with Crippen molar-refractivity contribution in [3.63, 3.8) is 0 Å². The number of fused-ring (bicyclic) bond motifs is 1. The van der Waals surface area contributed by atoms with Crippen molar-refractivity contribution >= 4 is 10.9 Å². The fraction of sp³-hybridized carbons (Fsp3) is 0.310. The monoisotopic (exact) mass is 465 g/mol. The van der Waals surface area contributed by atoms with Crippen molar-refractivity contribution in [2.24, 2.45) is 0 Å². The standard InChI is InChI=1S/C27H27F2NO2.C2H6/c1-18-25-23(14-21(29)15-24(25)32-16-19-8-6-5-7-9-19)30(22-12-10-20(28)11-13-22)26(18)27(2,3)17-31-4;1-2/h5-15H,16-17H2,1-4H3;1-2H3. The van der Waals surface area contributed by atoms with Gasteiger partial charge in [0.2, 0.25) is 0 Å². The van der Waals surface area contributed by atoms with Crippen LogP contribution >= 0.6 is 0 Å². The number of hydrogen-bond donors (Lipinski definition) is 0. The number of hydrogen-bond acceptors (Lipinski definition) is 2. The molecule has 0 unspecified atom stereocenters. The van der Waals surface area contributed by atoms with Crippen molar-refractivity contribution in [3.05, 3.63) is 95.2 Å². The Bertz CT molecular complexity index is 1230. The molecule has 0 spiro atoms. The molecule has 180 valence electrons. The van der Waals surface area contributed by atoms with Crippen molar-refractivity contribution in [3.8, 4) is 11.4 Å². The molecule has 0 aliphatic heterocycles. The largest absolute Gasteiger partial charge is 0.488 e. The number of rotatable bonds is 7. The average molecular weight is 466 g/mol. The molecule has 0 atom stereocenters. The third-order valence-electron chi connectivity index (χ3n) is 5.71. The molecule has 0 saturated carbocycles. The minimum Gasteiger partial charge on any atom is -0.488 e. The Morgan fingerprint density at radius 2 is 1.53 bits per heavy atom. The molecular formula is C29H33F2NO2. The lowest BCUT2D eigenvalue weighted by Crippen LogP contribution is -2.27. The summed E-state index contributed by atoms with van der Waals surface area (Å²) in [5, 5.41) is 0.839. The van der Waals surface area contributed by atoms with Gasteiger partial charge in [-0.1, -0.05) is 58.0 Å². The van der Waals surface area contributed by atoms with Crippen LogP contribution in [0.1, 0.15) is 44.5 Å². The van der Waals surface area contributed by atoms with E-state index in [1.165, 1.54) is 24.3 Å². The first kappa shape index (κ1) is 25.4. The first-order valence-corrected chi connectivity index (χ1v) is 11.6. The van der Waals surface area contributed by atoms with Gasteiger partial charge in [-0.25, -0.2) is 8.78 Å². The Balaban J connectivity index is 0.00000158. The number of aryl methyl sites for hydroxylation is 1. The average Bonchev–Trinajstić information content (AvgIpc) is 3.13. The summed E-state index contributed by atoms with van der Waals surface area (Å²) in [6.07, 6.45) is 0. The summed E-state index contributed by atoms with van der Waals surface area (Å²) < 4.78 is 42.1. The van der Waals surface area contributed by atoms with Crippen molar-refractivity contribution in [1.29, 1.82) is 0 Å². The molecule has 4 rings (SSSR count). The second-order valence-electron chi connectivity index (χ2n) is 8.67. The van der Waals surface area contributed by atoms with Crippen molar-refractivity contribution < 1.29 is 18.3 Å². The van der Waals surface area contributed by atoms with Gasteiger partial charge < -0.3 is 14.0 Å². The van der Waals surface area contributed by atoms with E-state index in [1.807, 2.05) is 55.7 Å². The maximum Gasteiger partial charge on any atom is 0.132 e. The lowest BCUT2D eigenvalue weighted by molar-refractivity contribution is 0.143. The third-order valence-corrected chi connectivity index (χ3v) is 5.71. The van der Waals surface area contributed by atoms with E-state index in [4.69, 9.17) is 9.47 Å². The second kappa shape index (κ2) is 10.8. The Kier molecular flexibility index (Phi) is 8.11. The Morgan fingerprint density at radius 3 is 2.15 bits per heavy atom. The molecule has 5 heteroatoms. The zero-order chi connectivity index (χ0) is 24.9. The van der Waals surface area contributed by atoms with E-state index >= 15 is 0 Å². The summed E-state index contributed by atoms with van der Waals surface area (Å²) in [6.45, 7) is 11.0. The third kappa shape index (κ3) is 5.15. The van der Waals surface area contributed by atoms with Crippen molar-refractivity contribution in [2.45, 2.75) is 46.6 Å². The number of methoxy groups -OCH3 is 1. The Labute approximate surface area is 200 Å². The minimum absolute atomic E-state index is 0.322. The summed E-state index contributed by atoms with van der Waals surface area (Å²) in [6, 6.07) is 19.0. The molecule has 0 bridgehead atoms. The molecule has 1 heterocycles. The number of halogens is 2. The smallest absolute Gasteiger partial charge is 0.132 e. The van der Waals surface area contributed by atoms with Gasteiger partial charge >= 0.3 is 0 Å². The molecule has 3 aromatic carbocycles. The summed E-state index contributed by atoms with van der Waals surface area (Å²) >= 11 is 0. The molecule has 1 aromatic heterocycles. The van der Waals surface area contributed by atoms with E-state index in [0.29, 0.717) is 24.5 Å². The van der Waals surface area contributed by atoms with Crippen LogP contribution in [0.25, 0.3) is 16.6 Å². The highest BCUT2D eigenvalue weighted by atomic mass is 19.1. The molecule has 0 aliphatic rings. The van der Waals surface area contributed by atoms with E-state index < -0.39 is 5.82 Å². The molecule has 0 N–H and O–H groups in total. The minimum atomic E-state index is -0.391. The summed E-state index contributed by atoms with van der Waals surface area (Å²) in [5.41, 5.74) is 3.99. The molecule has 4 aromatic rings. The van der Waals surface area contributed by atoms with E-state index in [1.54, 1.807) is 19.2 Å². The van der Waals surface area contributed by atoms with Crippen LogP contribution in [0, 0.1) is 18.6 Å². The van der Waals surface area contributed by atoms with E-state index in [2.05, 4.69) is 13.8 Å². The highest BCUT2D eigenvalue weighted by Crippen LogP contribution is 2.41. The predicted octanol–water partition coefficient (Wildman–Crippen LogP) is 7.75. The van der Waals surface area contributed by atoms with Gasteiger partial charge in [-0.2, -0.15) is 0 Å². The number of benzene rings is 3. The van der Waals surface area contributed by atoms with Crippen LogP contribution in [-0.4, -0.2) is 18.3 Å². The molecule has 0 amide bonds. The SMILES string of the molecule is CC.COCC(C)(C)c1c(C)c2c(OCc3ccccc3)cc(F)cc2n1-c1ccc(F)cc1. The normalized spacial score (nSPS) is 11.3. The lowest BCUT2D eigenvalue weighted by Gasteiger charge is -2.27. The molecule has 0 fully saturated rings. The second-order valence-corrected chi connectivity index (χ2v) is 8.67. The topological polar surface area (TPSA) is 23.4 Å². The fourth-order valence-corrected chi connectivity index (χ4v) is 4.47. The van der Waals surface area contributed by atoms with Gasteiger partial charge in [-0.15, -0.1) is 0 Å². The van der Waals surface area contributed by atoms with Gasteiger partial charge in [0.05, 0.1) is 12.1 Å². The van der Waals surface area contributed by atoms with Gasteiger partial charge in [0.15, 0.2) is 0 Å². The maximum absolute atomic E-state index is 14.8. The molecular weight excluding hydrogens is 432 g/mol. The molecule has 0 saturated heterocycles. The summed E-state index contributed by atoms with van der Waals surface area (Å²) in [7, 11) is 1.66. The number of aromatic nitrogens is 1. The summed E-state index contributed by atoms with van der Waals surface area (Å²) in [4.78, 5) is 0. The van der Waals surface area contributed by atoms with Crippen molar-refractivity contribution in [1.82, 2.24) is 4.57 Å². The van der Waals surface area contributed by atoms with Crippen LogP contribution in [0.15, 0.2) is 66.7 Å². The van der Waals surface area contributed by atoms with Gasteiger partial charge in [0, 0.05) is 35.4 Å². The highest BCUT2D eigenvalue weighted by molar-refractivity contribution is 5.93. The zero-order valence-corrected chi connectivity index (χ0v) is 20.8. The van der Waals surface area contributed by atoms with E-state index in [9.17, 15) is 8.78 Å². The Hall–Kier alpha value is -3.18. The number of nitrogens with zero attached hydrogens (tertiary/aromatic N) is 1. The van der Waals surface area contributed by atoms with Crippen LogP contribution in [-0.2, 0) is 16.8 Å². The van der Waals surface area contributed by atoms with Gasteiger partial charge in [0.1, 0.15) is 24.0 Å². The van der Waals surface area contributed by atoms with Gasteiger partial charge in [0.25, 0.3) is 0 Å². The lowest BCUT2D eigenvalue weighted by atomic mass is 9.87. The van der Waals surface area contributed by atoms with Crippen LogP contribution in [0.3, 0.4) is 0 Å². The van der Waals surface area contributed by atoms with E-state index in [-0.39, 0.29) is 11.2 Å². The van der Waals surface area contributed by atoms with E-state index in [0.717, 1.165) is 27.9 Å². The first-order chi connectivity index (χ1) is 16.3. The molecule has 34 heavy (non-hydrogen) atoms. The Morgan fingerprint density at radius 1 is 0.882 bits per heavy atom.